The molecular weight excluding hydrogens is 364 g/mol. The first-order valence-electron chi connectivity index (χ1n) is 8.59. The summed E-state index contributed by atoms with van der Waals surface area (Å²) in [6, 6.07) is 10.9. The van der Waals surface area contributed by atoms with Gasteiger partial charge in [0, 0.05) is 24.2 Å². The summed E-state index contributed by atoms with van der Waals surface area (Å²) < 4.78 is 6.47. The van der Waals surface area contributed by atoms with Crippen LogP contribution in [0.5, 0.6) is 0 Å². The summed E-state index contributed by atoms with van der Waals surface area (Å²) in [4.78, 5) is 39.5. The number of hydrogen-bond acceptors (Lipinski definition) is 6. The molecule has 1 aromatic heterocycles. The third-order valence-corrected chi connectivity index (χ3v) is 4.14. The van der Waals surface area contributed by atoms with Crippen LogP contribution in [-0.4, -0.2) is 33.5 Å². The lowest BCUT2D eigenvalue weighted by Crippen LogP contribution is -2.17. The topological polar surface area (TPSA) is 116 Å². The quantitative estimate of drug-likeness (QED) is 0.397. The molecule has 9 nitrogen and oxygen atoms in total. The molecule has 9 heteroatoms. The molecule has 1 heterocycles. The number of fused-ring (bicyclic) bond motifs is 1. The minimum atomic E-state index is -0.768. The van der Waals surface area contributed by atoms with Crippen molar-refractivity contribution in [1.82, 2.24) is 9.55 Å². The molecule has 3 rings (SSSR count). The molecule has 0 aliphatic heterocycles. The van der Waals surface area contributed by atoms with Crippen molar-refractivity contribution in [2.75, 3.05) is 12.4 Å². The largest absolute Gasteiger partial charge is 0.465 e. The Hall–Kier alpha value is -3.75. The normalized spacial score (nSPS) is 10.6. The van der Waals surface area contributed by atoms with E-state index in [9.17, 15) is 19.7 Å². The lowest BCUT2D eigenvalue weighted by molar-refractivity contribution is -0.384. The van der Waals surface area contributed by atoms with Gasteiger partial charge < -0.3 is 9.30 Å². The number of non-ortho nitro benzene ring substituents is 1. The van der Waals surface area contributed by atoms with Gasteiger partial charge in [-0.15, -0.1) is 0 Å². The molecule has 0 fully saturated rings. The zero-order chi connectivity index (χ0) is 20.3. The molecular formula is C19H18N4O5. The van der Waals surface area contributed by atoms with Crippen LogP contribution in [0, 0.1) is 10.1 Å². The zero-order valence-electron chi connectivity index (χ0n) is 15.3. The number of rotatable bonds is 6. The SMILES string of the molecule is CCCn1c(NC(=O)c2cc(C(=O)OC)cc([N+](=O)[O-])c2)nc2ccccc21. The van der Waals surface area contributed by atoms with Gasteiger partial charge in [-0.1, -0.05) is 19.1 Å². The minimum Gasteiger partial charge on any atom is -0.465 e. The maximum Gasteiger partial charge on any atom is 0.338 e. The van der Waals surface area contributed by atoms with Crippen LogP contribution >= 0.6 is 0 Å². The number of methoxy groups -OCH3 is 1. The number of nitro groups is 1. The van der Waals surface area contributed by atoms with Crippen LogP contribution in [0.25, 0.3) is 11.0 Å². The second-order valence-electron chi connectivity index (χ2n) is 6.05. The lowest BCUT2D eigenvalue weighted by Gasteiger charge is -2.09. The van der Waals surface area contributed by atoms with Gasteiger partial charge in [-0.05, 0) is 24.6 Å². The van der Waals surface area contributed by atoms with Gasteiger partial charge in [0.1, 0.15) is 0 Å². The van der Waals surface area contributed by atoms with Crippen LogP contribution in [0.4, 0.5) is 11.6 Å². The van der Waals surface area contributed by atoms with E-state index < -0.39 is 16.8 Å². The van der Waals surface area contributed by atoms with Gasteiger partial charge >= 0.3 is 5.97 Å². The van der Waals surface area contributed by atoms with Gasteiger partial charge in [0.2, 0.25) is 5.95 Å². The number of aryl methyl sites for hydroxylation is 1. The second-order valence-corrected chi connectivity index (χ2v) is 6.05. The molecule has 1 amide bonds. The van der Waals surface area contributed by atoms with Gasteiger partial charge in [-0.2, -0.15) is 0 Å². The molecule has 0 bridgehead atoms. The Balaban J connectivity index is 2.00. The summed E-state index contributed by atoms with van der Waals surface area (Å²) in [7, 11) is 1.16. The van der Waals surface area contributed by atoms with Crippen LogP contribution in [0.1, 0.15) is 34.1 Å². The number of hydrogen-bond donors (Lipinski definition) is 1. The molecule has 0 atom stereocenters. The van der Waals surface area contributed by atoms with E-state index in [0.717, 1.165) is 36.7 Å². The number of carbonyl (C=O) groups excluding carboxylic acids is 2. The summed E-state index contributed by atoms with van der Waals surface area (Å²) in [6.07, 6.45) is 0.826. The number of benzene rings is 2. The number of nitro benzene ring substituents is 1. The van der Waals surface area contributed by atoms with E-state index in [1.807, 2.05) is 35.8 Å². The lowest BCUT2D eigenvalue weighted by atomic mass is 10.1. The second kappa shape index (κ2) is 7.87. The van der Waals surface area contributed by atoms with Crippen molar-refractivity contribution < 1.29 is 19.2 Å². The monoisotopic (exact) mass is 382 g/mol. The fourth-order valence-corrected chi connectivity index (χ4v) is 2.88. The Morgan fingerprint density at radius 1 is 1.21 bits per heavy atom. The summed E-state index contributed by atoms with van der Waals surface area (Å²) in [5.74, 6) is -1.04. The van der Waals surface area contributed by atoms with Crippen LogP contribution in [0.3, 0.4) is 0 Å². The van der Waals surface area contributed by atoms with E-state index >= 15 is 0 Å². The van der Waals surface area contributed by atoms with Crippen molar-refractivity contribution in [3.63, 3.8) is 0 Å². The summed E-state index contributed by atoms with van der Waals surface area (Å²) in [5.41, 5.74) is 1.10. The van der Waals surface area contributed by atoms with Gasteiger partial charge in [-0.3, -0.25) is 20.2 Å². The molecule has 0 radical (unpaired) electrons. The number of ether oxygens (including phenoxy) is 1. The summed E-state index contributed by atoms with van der Waals surface area (Å²) >= 11 is 0. The van der Waals surface area contributed by atoms with Gasteiger partial charge in [0.05, 0.1) is 28.6 Å². The van der Waals surface area contributed by atoms with Crippen molar-refractivity contribution in [2.45, 2.75) is 19.9 Å². The molecule has 144 valence electrons. The molecule has 2 aromatic carbocycles. The highest BCUT2D eigenvalue weighted by Gasteiger charge is 2.20. The molecule has 0 aliphatic rings. The van der Waals surface area contributed by atoms with E-state index in [4.69, 9.17) is 0 Å². The highest BCUT2D eigenvalue weighted by Crippen LogP contribution is 2.22. The molecule has 0 spiro atoms. The molecule has 1 N–H and O–H groups in total. The van der Waals surface area contributed by atoms with E-state index in [2.05, 4.69) is 15.0 Å². The minimum absolute atomic E-state index is 0.0373. The van der Waals surface area contributed by atoms with Gasteiger partial charge in [0.15, 0.2) is 0 Å². The number of imidazole rings is 1. The van der Waals surface area contributed by atoms with E-state index in [0.29, 0.717) is 12.5 Å². The third kappa shape index (κ3) is 3.68. The predicted molar refractivity (Wildman–Crippen MR) is 102 cm³/mol. The van der Waals surface area contributed by atoms with Crippen molar-refractivity contribution >= 4 is 34.5 Å². The average Bonchev–Trinajstić information content (AvgIpc) is 3.04. The zero-order valence-corrected chi connectivity index (χ0v) is 15.3. The molecule has 0 saturated heterocycles. The van der Waals surface area contributed by atoms with Gasteiger partial charge in [0.25, 0.3) is 11.6 Å². The van der Waals surface area contributed by atoms with E-state index in [1.165, 1.54) is 6.07 Å². The number of amides is 1. The van der Waals surface area contributed by atoms with Crippen molar-refractivity contribution in [3.8, 4) is 0 Å². The van der Waals surface area contributed by atoms with Crippen molar-refractivity contribution in [2.24, 2.45) is 0 Å². The van der Waals surface area contributed by atoms with Crippen LogP contribution < -0.4 is 5.32 Å². The standard InChI is InChI=1S/C19H18N4O5/c1-3-8-22-16-7-5-4-6-15(16)20-19(22)21-17(24)12-9-13(18(25)28-2)11-14(10-12)23(26)27/h4-7,9-11H,3,8H2,1-2H3,(H,20,21,24). The average molecular weight is 382 g/mol. The number of nitrogens with zero attached hydrogens (tertiary/aromatic N) is 3. The first kappa shape index (κ1) is 19.0. The molecule has 0 saturated carbocycles. The number of aromatic nitrogens is 2. The van der Waals surface area contributed by atoms with Crippen LogP contribution in [0.2, 0.25) is 0 Å². The fourth-order valence-electron chi connectivity index (χ4n) is 2.88. The molecule has 28 heavy (non-hydrogen) atoms. The summed E-state index contributed by atoms with van der Waals surface area (Å²) in [6.45, 7) is 2.64. The Kier molecular flexibility index (Phi) is 5.35. The number of esters is 1. The Labute approximate surface area is 160 Å². The van der Waals surface area contributed by atoms with Crippen molar-refractivity contribution in [3.05, 3.63) is 63.7 Å². The number of nitrogens with one attached hydrogen (secondary N) is 1. The van der Waals surface area contributed by atoms with E-state index in [-0.39, 0.29) is 16.8 Å². The Bertz CT molecular complexity index is 1070. The number of para-hydroxylation sites is 2. The Morgan fingerprint density at radius 3 is 2.61 bits per heavy atom. The molecule has 3 aromatic rings. The highest BCUT2D eigenvalue weighted by molar-refractivity contribution is 6.06. The third-order valence-electron chi connectivity index (χ3n) is 4.14. The predicted octanol–water partition coefficient (Wildman–Crippen LogP) is 3.39. The first-order valence-corrected chi connectivity index (χ1v) is 8.59. The fraction of sp³-hybridized carbons (Fsp3) is 0.211. The molecule has 0 unspecified atom stereocenters. The maximum atomic E-state index is 12.7. The highest BCUT2D eigenvalue weighted by atomic mass is 16.6. The first-order chi connectivity index (χ1) is 13.4. The number of carbonyl (C=O) groups is 2. The summed E-state index contributed by atoms with van der Waals surface area (Å²) in [5, 5.41) is 13.8. The van der Waals surface area contributed by atoms with Crippen LogP contribution in [-0.2, 0) is 11.3 Å². The van der Waals surface area contributed by atoms with E-state index in [1.54, 1.807) is 0 Å². The number of anilines is 1. The Morgan fingerprint density at radius 2 is 1.93 bits per heavy atom. The van der Waals surface area contributed by atoms with Gasteiger partial charge in [-0.25, -0.2) is 9.78 Å². The molecule has 0 aliphatic carbocycles. The van der Waals surface area contributed by atoms with Crippen LogP contribution in [0.15, 0.2) is 42.5 Å². The maximum absolute atomic E-state index is 12.7. The van der Waals surface area contributed by atoms with Crippen molar-refractivity contribution in [1.29, 1.82) is 0 Å². The smallest absolute Gasteiger partial charge is 0.338 e.